The van der Waals surface area contributed by atoms with Crippen LogP contribution in [0.2, 0.25) is 0 Å². The second kappa shape index (κ2) is 8.67. The van der Waals surface area contributed by atoms with Gasteiger partial charge in [0.05, 0.1) is 11.8 Å². The van der Waals surface area contributed by atoms with Crippen molar-refractivity contribution in [2.24, 2.45) is 11.7 Å². The van der Waals surface area contributed by atoms with E-state index in [0.717, 1.165) is 12.5 Å². The predicted molar refractivity (Wildman–Crippen MR) is 99.8 cm³/mol. The summed E-state index contributed by atoms with van der Waals surface area (Å²) in [5.41, 5.74) is 6.50. The number of nitrogen functional groups attached to an aromatic ring is 1. The Morgan fingerprint density at radius 3 is 2.63 bits per heavy atom. The van der Waals surface area contributed by atoms with Gasteiger partial charge in [-0.3, -0.25) is 15.0 Å². The van der Waals surface area contributed by atoms with E-state index in [1.165, 1.54) is 0 Å². The molecule has 1 unspecified atom stereocenters. The van der Waals surface area contributed by atoms with Crippen LogP contribution in [0.1, 0.15) is 24.8 Å². The molecule has 8 nitrogen and oxygen atoms in total. The van der Waals surface area contributed by atoms with Crippen molar-refractivity contribution < 1.29 is 19.5 Å². The summed E-state index contributed by atoms with van der Waals surface area (Å²) in [6, 6.07) is 6.75. The molecule has 1 fully saturated rings. The van der Waals surface area contributed by atoms with Crippen LogP contribution in [0.3, 0.4) is 0 Å². The van der Waals surface area contributed by atoms with Gasteiger partial charge in [0.25, 0.3) is 0 Å². The molecule has 1 heterocycles. The first kappa shape index (κ1) is 19.7. The molecule has 1 saturated heterocycles. The first-order valence-electron chi connectivity index (χ1n) is 8.28. The fourth-order valence-electron chi connectivity index (χ4n) is 2.88. The van der Waals surface area contributed by atoms with Gasteiger partial charge in [-0.2, -0.15) is 0 Å². The fourth-order valence-corrected chi connectivity index (χ4v) is 2.88. The second-order valence-electron chi connectivity index (χ2n) is 6.08. The number of benzene rings is 1. The zero-order valence-electron chi connectivity index (χ0n) is 14.6. The maximum Gasteiger partial charge on any atom is 0.331 e. The van der Waals surface area contributed by atoms with Crippen molar-refractivity contribution in [1.82, 2.24) is 5.32 Å². The van der Waals surface area contributed by atoms with E-state index >= 15 is 0 Å². The minimum absolute atomic E-state index is 0.0557. The Morgan fingerprint density at radius 2 is 2.07 bits per heavy atom. The SMILES string of the molecule is C#C/C(=C\C(=O)O)NC(=O)CC1CCCN(c2ccc(C(=N)N)cc2)C1=O. The molecule has 0 spiro atoms. The number of terminal acetylenes is 1. The summed E-state index contributed by atoms with van der Waals surface area (Å²) in [5.74, 6) is -0.444. The van der Waals surface area contributed by atoms with Gasteiger partial charge >= 0.3 is 5.97 Å². The number of carboxylic acid groups (broad SMARTS) is 1. The van der Waals surface area contributed by atoms with E-state index < -0.39 is 17.8 Å². The number of rotatable bonds is 6. The monoisotopic (exact) mass is 368 g/mol. The lowest BCUT2D eigenvalue weighted by atomic mass is 9.93. The number of allylic oxidation sites excluding steroid dienone is 1. The zero-order chi connectivity index (χ0) is 20.0. The third kappa shape index (κ3) is 5.19. The number of aliphatic carboxylic acids is 1. The standard InChI is InChI=1S/C19H20N4O4/c1-2-14(11-17(25)26)22-16(24)10-13-4-3-9-23(19(13)27)15-7-5-12(6-8-15)18(20)21/h1,5-8,11,13H,3-4,9-10H2,(H3,20,21)(H,22,24)(H,25,26)/b14-11+. The number of amidine groups is 1. The van der Waals surface area contributed by atoms with Gasteiger partial charge in [0.15, 0.2) is 0 Å². The number of carbonyl (C=O) groups is 3. The molecule has 0 aliphatic carbocycles. The van der Waals surface area contributed by atoms with E-state index in [0.29, 0.717) is 24.2 Å². The smallest absolute Gasteiger partial charge is 0.331 e. The van der Waals surface area contributed by atoms with Gasteiger partial charge in [-0.05, 0) is 37.1 Å². The molecule has 8 heteroatoms. The van der Waals surface area contributed by atoms with Gasteiger partial charge in [0, 0.05) is 30.1 Å². The Labute approximate surface area is 156 Å². The van der Waals surface area contributed by atoms with E-state index in [2.05, 4.69) is 11.2 Å². The first-order chi connectivity index (χ1) is 12.8. The average molecular weight is 368 g/mol. The largest absolute Gasteiger partial charge is 0.478 e. The van der Waals surface area contributed by atoms with Crippen molar-refractivity contribution in [3.8, 4) is 12.3 Å². The number of amides is 2. The zero-order valence-corrected chi connectivity index (χ0v) is 14.6. The quantitative estimate of drug-likeness (QED) is 0.255. The molecule has 5 N–H and O–H groups in total. The van der Waals surface area contributed by atoms with Crippen molar-refractivity contribution in [3.63, 3.8) is 0 Å². The normalized spacial score (nSPS) is 17.1. The Kier molecular flexibility index (Phi) is 6.33. The Balaban J connectivity index is 2.06. The number of carbonyl (C=O) groups excluding carboxylic acids is 2. The molecule has 1 atom stereocenters. The summed E-state index contributed by atoms with van der Waals surface area (Å²) < 4.78 is 0. The highest BCUT2D eigenvalue weighted by Gasteiger charge is 2.31. The summed E-state index contributed by atoms with van der Waals surface area (Å²) in [6.07, 6.45) is 7.09. The van der Waals surface area contributed by atoms with E-state index in [-0.39, 0.29) is 23.9 Å². The van der Waals surface area contributed by atoms with Crippen molar-refractivity contribution in [2.75, 3.05) is 11.4 Å². The van der Waals surface area contributed by atoms with Crippen LogP contribution in [0, 0.1) is 23.7 Å². The second-order valence-corrected chi connectivity index (χ2v) is 6.08. The van der Waals surface area contributed by atoms with Crippen molar-refractivity contribution in [1.29, 1.82) is 5.41 Å². The van der Waals surface area contributed by atoms with Crippen LogP contribution in [0.5, 0.6) is 0 Å². The van der Waals surface area contributed by atoms with Crippen LogP contribution in [0.25, 0.3) is 0 Å². The lowest BCUT2D eigenvalue weighted by Gasteiger charge is -2.32. The summed E-state index contributed by atoms with van der Waals surface area (Å²) in [4.78, 5) is 37.1. The number of nitrogens with two attached hydrogens (primary N) is 1. The van der Waals surface area contributed by atoms with Crippen molar-refractivity contribution in [2.45, 2.75) is 19.3 Å². The molecular formula is C19H20N4O4. The lowest BCUT2D eigenvalue weighted by molar-refractivity contribution is -0.131. The Hall–Kier alpha value is -3.60. The van der Waals surface area contributed by atoms with E-state index in [4.69, 9.17) is 22.7 Å². The molecule has 1 aliphatic rings. The van der Waals surface area contributed by atoms with Gasteiger partial charge < -0.3 is 21.1 Å². The third-order valence-corrected chi connectivity index (χ3v) is 4.17. The molecule has 27 heavy (non-hydrogen) atoms. The average Bonchev–Trinajstić information content (AvgIpc) is 2.62. The van der Waals surface area contributed by atoms with E-state index in [1.54, 1.807) is 29.2 Å². The summed E-state index contributed by atoms with van der Waals surface area (Å²) in [7, 11) is 0. The van der Waals surface area contributed by atoms with Gasteiger partial charge in [0.1, 0.15) is 5.84 Å². The number of piperidine rings is 1. The molecule has 1 aromatic carbocycles. The topological polar surface area (TPSA) is 137 Å². The molecule has 2 rings (SSSR count). The van der Waals surface area contributed by atoms with Crippen LogP contribution < -0.4 is 16.0 Å². The maximum atomic E-state index is 12.7. The third-order valence-electron chi connectivity index (χ3n) is 4.17. The summed E-state index contributed by atoms with van der Waals surface area (Å²) in [5, 5.41) is 18.4. The minimum Gasteiger partial charge on any atom is -0.478 e. The number of hydrogen-bond donors (Lipinski definition) is 4. The fraction of sp³-hybridized carbons (Fsp3) is 0.263. The molecule has 0 bridgehead atoms. The number of carboxylic acids is 1. The van der Waals surface area contributed by atoms with E-state index in [9.17, 15) is 14.4 Å². The Bertz CT molecular complexity index is 836. The first-order valence-corrected chi connectivity index (χ1v) is 8.28. The van der Waals surface area contributed by atoms with Crippen molar-refractivity contribution in [3.05, 3.63) is 41.6 Å². The summed E-state index contributed by atoms with van der Waals surface area (Å²) in [6.45, 7) is 0.533. The molecule has 0 radical (unpaired) electrons. The maximum absolute atomic E-state index is 12.7. The molecule has 1 aliphatic heterocycles. The van der Waals surface area contributed by atoms with Crippen LogP contribution in [-0.4, -0.2) is 35.3 Å². The summed E-state index contributed by atoms with van der Waals surface area (Å²) >= 11 is 0. The number of hydrogen-bond acceptors (Lipinski definition) is 4. The minimum atomic E-state index is -1.27. The highest BCUT2D eigenvalue weighted by atomic mass is 16.4. The predicted octanol–water partition coefficient (Wildman–Crippen LogP) is 0.822. The lowest BCUT2D eigenvalue weighted by Crippen LogP contribution is -2.43. The molecular weight excluding hydrogens is 348 g/mol. The van der Waals surface area contributed by atoms with Gasteiger partial charge in [0.2, 0.25) is 11.8 Å². The van der Waals surface area contributed by atoms with Crippen LogP contribution >= 0.6 is 0 Å². The van der Waals surface area contributed by atoms with Crippen LogP contribution in [0.15, 0.2) is 36.0 Å². The number of nitrogens with one attached hydrogen (secondary N) is 2. The molecule has 140 valence electrons. The molecule has 2 amide bonds. The molecule has 1 aromatic rings. The number of anilines is 1. The highest BCUT2D eigenvalue weighted by molar-refractivity contribution is 5.99. The number of nitrogens with zero attached hydrogens (tertiary/aromatic N) is 1. The van der Waals surface area contributed by atoms with Gasteiger partial charge in [-0.25, -0.2) is 4.79 Å². The van der Waals surface area contributed by atoms with Crippen LogP contribution in [0.4, 0.5) is 5.69 Å². The van der Waals surface area contributed by atoms with Crippen LogP contribution in [-0.2, 0) is 14.4 Å². The van der Waals surface area contributed by atoms with E-state index in [1.807, 2.05) is 0 Å². The molecule has 0 saturated carbocycles. The van der Waals surface area contributed by atoms with Gasteiger partial charge in [-0.15, -0.1) is 6.42 Å². The van der Waals surface area contributed by atoms with Gasteiger partial charge in [-0.1, -0.05) is 5.92 Å². The van der Waals surface area contributed by atoms with Crippen molar-refractivity contribution >= 4 is 29.3 Å². The Morgan fingerprint density at radius 1 is 1.41 bits per heavy atom. The highest BCUT2D eigenvalue weighted by Crippen LogP contribution is 2.26. The molecule has 0 aromatic heterocycles.